The average Bonchev–Trinajstić information content (AvgIpc) is 2.77. The van der Waals surface area contributed by atoms with Crippen molar-refractivity contribution in [3.8, 4) is 5.75 Å². The van der Waals surface area contributed by atoms with Crippen LogP contribution in [0.4, 0.5) is 0 Å². The van der Waals surface area contributed by atoms with E-state index in [4.69, 9.17) is 9.47 Å². The fourth-order valence-corrected chi connectivity index (χ4v) is 4.33. The first kappa shape index (κ1) is 23.9. The topological polar surface area (TPSA) is 84.9 Å². The minimum absolute atomic E-state index is 0.0250. The summed E-state index contributed by atoms with van der Waals surface area (Å²) in [6.45, 7) is 7.70. The standard InChI is InChI=1S/C22H30N2O5S/c1-5-24(6-2)21(17-10-8-12-19(14-17)28-4)16-23-30(26,27)20-13-9-11-18(15-20)22(25)29-7-3/h8-15,21,23H,5-7,16H2,1-4H3. The molecule has 2 aromatic carbocycles. The van der Waals surface area contributed by atoms with Crippen LogP contribution in [0.5, 0.6) is 5.75 Å². The third-order valence-corrected chi connectivity index (χ3v) is 6.28. The molecule has 2 aromatic rings. The van der Waals surface area contributed by atoms with E-state index in [2.05, 4.69) is 9.62 Å². The van der Waals surface area contributed by atoms with Gasteiger partial charge in [0.05, 0.1) is 24.2 Å². The Balaban J connectivity index is 2.27. The molecule has 0 aliphatic heterocycles. The number of nitrogens with zero attached hydrogens (tertiary/aromatic N) is 1. The van der Waals surface area contributed by atoms with Gasteiger partial charge in [-0.25, -0.2) is 17.9 Å². The highest BCUT2D eigenvalue weighted by molar-refractivity contribution is 7.89. The van der Waals surface area contributed by atoms with E-state index >= 15 is 0 Å². The van der Waals surface area contributed by atoms with E-state index in [0.29, 0.717) is 0 Å². The van der Waals surface area contributed by atoms with Gasteiger partial charge in [0.25, 0.3) is 0 Å². The molecule has 30 heavy (non-hydrogen) atoms. The van der Waals surface area contributed by atoms with Crippen molar-refractivity contribution in [2.24, 2.45) is 0 Å². The minimum Gasteiger partial charge on any atom is -0.497 e. The number of carbonyl (C=O) groups excluding carboxylic acids is 1. The smallest absolute Gasteiger partial charge is 0.338 e. The number of hydrogen-bond acceptors (Lipinski definition) is 6. The number of ether oxygens (including phenoxy) is 2. The lowest BCUT2D eigenvalue weighted by Crippen LogP contribution is -2.38. The second-order valence-electron chi connectivity index (χ2n) is 6.61. The Kier molecular flexibility index (Phi) is 8.83. The Morgan fingerprint density at radius 1 is 1.07 bits per heavy atom. The normalized spacial score (nSPS) is 12.6. The first-order valence-corrected chi connectivity index (χ1v) is 11.5. The number of benzene rings is 2. The van der Waals surface area contributed by atoms with Crippen molar-refractivity contribution < 1.29 is 22.7 Å². The molecular formula is C22H30N2O5S. The summed E-state index contributed by atoms with van der Waals surface area (Å²) in [5.74, 6) is 0.168. The zero-order chi connectivity index (χ0) is 22.1. The molecule has 1 unspecified atom stereocenters. The molecule has 164 valence electrons. The molecule has 0 fully saturated rings. The van der Waals surface area contributed by atoms with Crippen molar-refractivity contribution in [2.75, 3.05) is 33.4 Å². The number of methoxy groups -OCH3 is 1. The van der Waals surface area contributed by atoms with Gasteiger partial charge in [-0.3, -0.25) is 4.90 Å². The molecule has 0 radical (unpaired) electrons. The van der Waals surface area contributed by atoms with E-state index in [1.54, 1.807) is 14.0 Å². The third kappa shape index (κ3) is 6.04. The lowest BCUT2D eigenvalue weighted by atomic mass is 10.0. The molecule has 0 saturated heterocycles. The van der Waals surface area contributed by atoms with Gasteiger partial charge in [0, 0.05) is 12.6 Å². The van der Waals surface area contributed by atoms with Crippen molar-refractivity contribution in [3.63, 3.8) is 0 Å². The SMILES string of the molecule is CCOC(=O)c1cccc(S(=O)(=O)NCC(c2cccc(OC)c2)N(CC)CC)c1. The van der Waals surface area contributed by atoms with Gasteiger partial charge in [-0.2, -0.15) is 0 Å². The van der Waals surface area contributed by atoms with Crippen LogP contribution in [0.3, 0.4) is 0 Å². The molecule has 0 aliphatic carbocycles. The van der Waals surface area contributed by atoms with Crippen molar-refractivity contribution >= 4 is 16.0 Å². The predicted molar refractivity (Wildman–Crippen MR) is 116 cm³/mol. The van der Waals surface area contributed by atoms with Gasteiger partial charge in [0.2, 0.25) is 10.0 Å². The van der Waals surface area contributed by atoms with Gasteiger partial charge in [-0.15, -0.1) is 0 Å². The van der Waals surface area contributed by atoms with Crippen LogP contribution in [0.25, 0.3) is 0 Å². The van der Waals surface area contributed by atoms with Crippen LogP contribution in [-0.2, 0) is 14.8 Å². The molecule has 0 heterocycles. The number of likely N-dealkylation sites (N-methyl/N-ethyl adjacent to an activating group) is 1. The van der Waals surface area contributed by atoms with E-state index in [9.17, 15) is 13.2 Å². The zero-order valence-electron chi connectivity index (χ0n) is 17.9. The number of hydrogen-bond donors (Lipinski definition) is 1. The Morgan fingerprint density at radius 2 is 1.77 bits per heavy atom. The van der Waals surface area contributed by atoms with E-state index in [1.807, 2.05) is 38.1 Å². The maximum absolute atomic E-state index is 12.9. The summed E-state index contributed by atoms with van der Waals surface area (Å²) in [5, 5.41) is 0. The fraction of sp³-hybridized carbons (Fsp3) is 0.409. The highest BCUT2D eigenvalue weighted by Crippen LogP contribution is 2.24. The van der Waals surface area contributed by atoms with Gasteiger partial charge in [0.15, 0.2) is 0 Å². The molecule has 0 amide bonds. The van der Waals surface area contributed by atoms with Gasteiger partial charge in [0.1, 0.15) is 5.75 Å². The quantitative estimate of drug-likeness (QED) is 0.547. The van der Waals surface area contributed by atoms with Gasteiger partial charge >= 0.3 is 5.97 Å². The average molecular weight is 435 g/mol. The number of rotatable bonds is 11. The molecule has 0 aromatic heterocycles. The van der Waals surface area contributed by atoms with E-state index in [-0.39, 0.29) is 29.7 Å². The van der Waals surface area contributed by atoms with E-state index in [1.165, 1.54) is 24.3 Å². The molecule has 7 nitrogen and oxygen atoms in total. The molecule has 1 atom stereocenters. The van der Waals surface area contributed by atoms with Crippen molar-refractivity contribution in [3.05, 3.63) is 59.7 Å². The predicted octanol–water partition coefficient (Wildman–Crippen LogP) is 3.23. The van der Waals surface area contributed by atoms with Crippen LogP contribution >= 0.6 is 0 Å². The van der Waals surface area contributed by atoms with Gasteiger partial charge in [-0.1, -0.05) is 32.0 Å². The molecular weight excluding hydrogens is 404 g/mol. The second kappa shape index (κ2) is 11.1. The van der Waals surface area contributed by atoms with Crippen LogP contribution in [0.1, 0.15) is 42.7 Å². The molecule has 1 N–H and O–H groups in total. The molecule has 0 bridgehead atoms. The Labute approximate surface area is 179 Å². The van der Waals surface area contributed by atoms with Crippen LogP contribution in [0.15, 0.2) is 53.4 Å². The molecule has 0 saturated carbocycles. The third-order valence-electron chi connectivity index (χ3n) is 4.85. The fourth-order valence-electron chi connectivity index (χ4n) is 3.25. The largest absolute Gasteiger partial charge is 0.497 e. The first-order valence-electron chi connectivity index (χ1n) is 10.0. The second-order valence-corrected chi connectivity index (χ2v) is 8.38. The lowest BCUT2D eigenvalue weighted by Gasteiger charge is -2.30. The number of sulfonamides is 1. The Morgan fingerprint density at radius 3 is 2.40 bits per heavy atom. The van der Waals surface area contributed by atoms with Crippen LogP contribution < -0.4 is 9.46 Å². The van der Waals surface area contributed by atoms with Gasteiger partial charge < -0.3 is 9.47 Å². The summed E-state index contributed by atoms with van der Waals surface area (Å²) >= 11 is 0. The Hall–Kier alpha value is -2.42. The maximum atomic E-state index is 12.9. The summed E-state index contributed by atoms with van der Waals surface area (Å²) < 4.78 is 38.8. The molecule has 8 heteroatoms. The lowest BCUT2D eigenvalue weighted by molar-refractivity contribution is 0.0526. The van der Waals surface area contributed by atoms with E-state index < -0.39 is 16.0 Å². The van der Waals surface area contributed by atoms with Crippen LogP contribution in [0.2, 0.25) is 0 Å². The highest BCUT2D eigenvalue weighted by atomic mass is 32.2. The minimum atomic E-state index is -3.82. The van der Waals surface area contributed by atoms with Crippen molar-refractivity contribution in [1.29, 1.82) is 0 Å². The van der Waals surface area contributed by atoms with Gasteiger partial charge in [-0.05, 0) is 55.9 Å². The first-order chi connectivity index (χ1) is 14.4. The summed E-state index contributed by atoms with van der Waals surface area (Å²) in [6.07, 6.45) is 0. The monoisotopic (exact) mass is 434 g/mol. The van der Waals surface area contributed by atoms with Crippen molar-refractivity contribution in [1.82, 2.24) is 9.62 Å². The summed E-state index contributed by atoms with van der Waals surface area (Å²) in [7, 11) is -2.21. The summed E-state index contributed by atoms with van der Waals surface area (Å²) in [5.41, 5.74) is 1.16. The number of carbonyl (C=O) groups is 1. The number of esters is 1. The summed E-state index contributed by atoms with van der Waals surface area (Å²) in [4.78, 5) is 14.1. The molecule has 2 rings (SSSR count). The van der Waals surface area contributed by atoms with Crippen molar-refractivity contribution in [2.45, 2.75) is 31.7 Å². The van der Waals surface area contributed by atoms with Crippen LogP contribution in [-0.4, -0.2) is 52.6 Å². The van der Waals surface area contributed by atoms with E-state index in [0.717, 1.165) is 24.4 Å². The van der Waals surface area contributed by atoms with Crippen LogP contribution in [0, 0.1) is 0 Å². The zero-order valence-corrected chi connectivity index (χ0v) is 18.7. The number of nitrogens with one attached hydrogen (secondary N) is 1. The molecule has 0 spiro atoms. The molecule has 0 aliphatic rings. The maximum Gasteiger partial charge on any atom is 0.338 e. The summed E-state index contributed by atoms with van der Waals surface area (Å²) in [6, 6.07) is 13.3. The highest BCUT2D eigenvalue weighted by Gasteiger charge is 2.23. The Bertz CT molecular complexity index is 942.